The number of sulfonamides is 1. The normalized spacial score (nSPS) is 14.0. The molecule has 2 saturated heterocycles. The predicted octanol–water partition coefficient (Wildman–Crippen LogP) is 16.0. The van der Waals surface area contributed by atoms with Crippen LogP contribution in [0.4, 0.5) is 18.9 Å². The molecule has 15 rings (SSSR count). The molecule has 0 aliphatic carbocycles. The average molecular weight is 1510 g/mol. The molecule has 7 aromatic carbocycles. The third-order valence-electron chi connectivity index (χ3n) is 18.0. The minimum Gasteiger partial charge on any atom is -0.406 e. The number of hydrogen-bond acceptors (Lipinski definition) is 13. The zero-order valence-corrected chi connectivity index (χ0v) is 61.3. The van der Waals surface area contributed by atoms with Crippen molar-refractivity contribution in [3.63, 3.8) is 0 Å². The van der Waals surface area contributed by atoms with Gasteiger partial charge in [0.25, 0.3) is 0 Å². The third kappa shape index (κ3) is 18.1. The fraction of sp³-hybridized carbons (Fsp3) is 0.257. The van der Waals surface area contributed by atoms with E-state index in [1.165, 1.54) is 44.4 Å². The Balaban J connectivity index is 0.000000130. The summed E-state index contributed by atoms with van der Waals surface area (Å²) >= 11 is 24.6. The molecule has 22 nitrogen and oxygen atoms in total. The van der Waals surface area contributed by atoms with E-state index in [9.17, 15) is 36.0 Å². The van der Waals surface area contributed by atoms with Crippen molar-refractivity contribution < 1.29 is 40.7 Å². The second-order valence-electron chi connectivity index (χ2n) is 25.1. The summed E-state index contributed by atoms with van der Waals surface area (Å²) in [5.41, 5.74) is 14.2. The van der Waals surface area contributed by atoms with Crippen LogP contribution in [0.15, 0.2) is 163 Å². The number of pyridine rings is 1. The van der Waals surface area contributed by atoms with Crippen molar-refractivity contribution in [2.24, 2.45) is 0 Å². The Morgan fingerprint density at radius 2 is 1.06 bits per heavy atom. The molecule has 1 atom stereocenters. The van der Waals surface area contributed by atoms with E-state index in [1.807, 2.05) is 103 Å². The number of hydrogen-bond donors (Lipinski definition) is 6. The van der Waals surface area contributed by atoms with E-state index in [1.54, 1.807) is 60.7 Å². The number of H-pyrrole nitrogens is 5. The van der Waals surface area contributed by atoms with Gasteiger partial charge in [0.1, 0.15) is 5.75 Å². The lowest BCUT2D eigenvalue weighted by molar-refractivity contribution is -0.274. The zero-order chi connectivity index (χ0) is 74.1. The highest BCUT2D eigenvalue weighted by Gasteiger charge is 2.33. The van der Waals surface area contributed by atoms with Crippen LogP contribution in [0.5, 0.6) is 5.75 Å². The van der Waals surface area contributed by atoms with Gasteiger partial charge in [0.15, 0.2) is 0 Å². The van der Waals surface area contributed by atoms with Crippen LogP contribution in [0.25, 0.3) is 87.9 Å². The Morgan fingerprint density at radius 3 is 1.54 bits per heavy atom. The summed E-state index contributed by atoms with van der Waals surface area (Å²) in [4.78, 5) is 44.2. The van der Waals surface area contributed by atoms with Crippen molar-refractivity contribution in [3.05, 3.63) is 195 Å². The van der Waals surface area contributed by atoms with E-state index in [0.29, 0.717) is 58.1 Å². The minimum atomic E-state index is -4.73. The highest BCUT2D eigenvalue weighted by Crippen LogP contribution is 2.39. The largest absolute Gasteiger partial charge is 0.573 e. The molecule has 0 radical (unpaired) electrons. The van der Waals surface area contributed by atoms with Gasteiger partial charge in [-0.2, -0.15) is 25.5 Å². The summed E-state index contributed by atoms with van der Waals surface area (Å²) < 4.78 is 66.9. The topological polar surface area (TPSA) is 276 Å². The first-order valence-corrected chi connectivity index (χ1v) is 35.9. The molecule has 3 amide bonds. The highest BCUT2D eigenvalue weighted by molar-refractivity contribution is 7.89. The molecule has 1 unspecified atom stereocenters. The van der Waals surface area contributed by atoms with Crippen molar-refractivity contribution in [2.75, 3.05) is 52.2 Å². The van der Waals surface area contributed by atoms with Gasteiger partial charge in [0.05, 0.1) is 69.5 Å². The number of carbonyl (C=O) groups is 3. The van der Waals surface area contributed by atoms with Gasteiger partial charge >= 0.3 is 6.36 Å². The number of halogens is 7. The summed E-state index contributed by atoms with van der Waals surface area (Å²) in [5, 5.41) is 44.9. The second kappa shape index (κ2) is 32.7. The number of ether oxygens (including phenoxy) is 1. The predicted molar refractivity (Wildman–Crippen MR) is 402 cm³/mol. The number of nitrogens with zero attached hydrogens (tertiary/aromatic N) is 10. The molecule has 8 heterocycles. The fourth-order valence-electron chi connectivity index (χ4n) is 12.5. The number of aromatic nitrogens is 11. The first-order valence-electron chi connectivity index (χ1n) is 33.0. The lowest BCUT2D eigenvalue weighted by atomic mass is 9.87. The van der Waals surface area contributed by atoms with E-state index in [4.69, 9.17) is 46.4 Å². The van der Waals surface area contributed by atoms with Gasteiger partial charge in [0.2, 0.25) is 27.7 Å². The first kappa shape index (κ1) is 75.1. The molecule has 0 bridgehead atoms. The summed E-state index contributed by atoms with van der Waals surface area (Å²) in [6.07, 6.45) is 9.19. The summed E-state index contributed by atoms with van der Waals surface area (Å²) in [6.45, 7) is 10.2. The number of aromatic amines is 5. The summed E-state index contributed by atoms with van der Waals surface area (Å²) in [5.74, 6) is -0.0859. The molecular formula is C74H73Cl4F3N16O6S. The number of nitrogens with one attached hydrogen (secondary N) is 6. The van der Waals surface area contributed by atoms with Gasteiger partial charge in [-0.1, -0.05) is 89.7 Å². The quantitative estimate of drug-likeness (QED) is 0.0665. The van der Waals surface area contributed by atoms with Gasteiger partial charge < -0.3 is 24.8 Å². The number of rotatable bonds is 12. The second-order valence-corrected chi connectivity index (χ2v) is 29.0. The van der Waals surface area contributed by atoms with Crippen molar-refractivity contribution in [2.45, 2.75) is 83.1 Å². The van der Waals surface area contributed by atoms with E-state index < -0.39 is 16.4 Å². The molecule has 2 fully saturated rings. The minimum absolute atomic E-state index is 0.0195. The van der Waals surface area contributed by atoms with Gasteiger partial charge in [-0.25, -0.2) is 12.7 Å². The number of likely N-dealkylation sites (N-methyl/N-ethyl adjacent to an activating group) is 1. The van der Waals surface area contributed by atoms with Crippen molar-refractivity contribution in [1.29, 1.82) is 0 Å². The fourth-order valence-corrected chi connectivity index (χ4v) is 14.3. The van der Waals surface area contributed by atoms with Crippen LogP contribution in [-0.2, 0) is 37.4 Å². The standard InChI is InChI=1S/C16H14ClN3O.C15H14ClN3O2S.C15H16F3N3O2.C14H17ClN4O.C14H12ClN3/c1-10(21)18-8-11-2-4-12(5-3-11)14-6-13(17)7-16-15(14)9-19-20-16;1-19(2)22(20,21)12-5-3-10(4-6-12)13-7-11(16)8-15-14(13)9-17-18-15;1-9(22)21-4-2-10(3-5-21)12-6-11(23-15(16,17)18)7-14-13(12)8-19-20-14;1-9(20)18(2)11-3-4-19(8-11)14-6-10(15)5-13-12(14)7-16-17-13;1-2-11-5-9(3-4-16-11)12-6-10(15)7-14-13(12)8-17-18-14/h2-7,9H,8H2,1H3,(H,18,21)(H,19,20);3-9H,1-2H3,(H,17,18);6-8,10H,2-5H2,1H3,(H,19,20);5-7,11H,3-4,8H2,1-2H3,(H,16,17);3-8H,2H2,1H3,(H,17,18). The number of anilines is 1. The molecule has 2 aliphatic rings. The van der Waals surface area contributed by atoms with Gasteiger partial charge in [-0.05, 0) is 155 Å². The number of aryl methyl sites for hydroxylation is 1. The molecule has 30 heteroatoms. The van der Waals surface area contributed by atoms with Crippen LogP contribution in [0.3, 0.4) is 0 Å². The number of piperidine rings is 1. The number of amides is 3. The van der Waals surface area contributed by atoms with Crippen molar-refractivity contribution in [3.8, 4) is 39.1 Å². The molecule has 540 valence electrons. The first-order chi connectivity index (χ1) is 49.7. The van der Waals surface area contributed by atoms with Crippen molar-refractivity contribution in [1.82, 2.24) is 75.4 Å². The molecule has 6 N–H and O–H groups in total. The molecule has 6 aromatic heterocycles. The van der Waals surface area contributed by atoms with E-state index in [-0.39, 0.29) is 40.3 Å². The third-order valence-corrected chi connectivity index (χ3v) is 20.7. The molecular weight excluding hydrogens is 1440 g/mol. The molecule has 0 spiro atoms. The van der Waals surface area contributed by atoms with Crippen LogP contribution in [0.2, 0.25) is 20.1 Å². The van der Waals surface area contributed by atoms with Crippen LogP contribution in [0, 0.1) is 0 Å². The summed E-state index contributed by atoms with van der Waals surface area (Å²) in [6, 6.07) is 37.0. The van der Waals surface area contributed by atoms with Gasteiger partial charge in [-0.3, -0.25) is 44.9 Å². The lowest BCUT2D eigenvalue weighted by Crippen LogP contribution is -2.37. The molecule has 104 heavy (non-hydrogen) atoms. The van der Waals surface area contributed by atoms with Gasteiger partial charge in [0, 0.05) is 145 Å². The van der Waals surface area contributed by atoms with E-state index >= 15 is 0 Å². The Labute approximate surface area is 616 Å². The van der Waals surface area contributed by atoms with Crippen molar-refractivity contribution >= 4 is 134 Å². The van der Waals surface area contributed by atoms with E-state index in [0.717, 1.165) is 131 Å². The Morgan fingerprint density at radius 1 is 0.587 bits per heavy atom. The monoisotopic (exact) mass is 1510 g/mol. The maximum absolute atomic E-state index is 12.5. The number of carbonyl (C=O) groups excluding carboxylic acids is 3. The zero-order valence-electron chi connectivity index (χ0n) is 57.5. The highest BCUT2D eigenvalue weighted by atomic mass is 35.5. The summed E-state index contributed by atoms with van der Waals surface area (Å²) in [7, 11) is 1.45. The number of alkyl halides is 3. The maximum Gasteiger partial charge on any atom is 0.573 e. The Hall–Kier alpha value is -10.1. The van der Waals surface area contributed by atoms with Gasteiger partial charge in [-0.15, -0.1) is 13.2 Å². The number of benzene rings is 7. The Bertz CT molecular complexity index is 5330. The lowest BCUT2D eigenvalue weighted by Gasteiger charge is -2.32. The van der Waals surface area contributed by atoms with E-state index in [2.05, 4.69) is 83.9 Å². The molecule has 2 aliphatic heterocycles. The number of fused-ring (bicyclic) bond motifs is 5. The Kier molecular flexibility index (Phi) is 23.6. The van der Waals surface area contributed by atoms with Crippen LogP contribution >= 0.6 is 46.4 Å². The average Bonchev–Trinajstić information content (AvgIpc) is 1.49. The maximum atomic E-state index is 12.5. The smallest absolute Gasteiger partial charge is 0.406 e. The molecule has 13 aromatic rings. The SMILES string of the molecule is CC(=O)N(C)C1CCN(c2cc(Cl)cc3[nH]ncc23)C1.CC(=O)N1CCC(c2cc(OC(F)(F)F)cc3[nH]ncc23)CC1.CC(=O)NCc1ccc(-c2cc(Cl)cc3[nH]ncc23)cc1.CCc1cc(-c2cc(Cl)cc3[nH]ncc23)ccn1.CN(C)S(=O)(=O)c1ccc(-c2cc(Cl)cc3[nH]ncc23)cc1. The van der Waals surface area contributed by atoms with Crippen LogP contribution in [-0.4, -0.2) is 156 Å². The van der Waals surface area contributed by atoms with Crippen LogP contribution < -0.4 is 15.0 Å². The van der Waals surface area contributed by atoms with Crippen LogP contribution in [0.1, 0.15) is 69.7 Å². The molecule has 0 saturated carbocycles. The number of likely N-dealkylation sites (tertiary alicyclic amines) is 1.